The van der Waals surface area contributed by atoms with Gasteiger partial charge in [0.15, 0.2) is 0 Å². The largest absolute Gasteiger partial charge is 0.396 e. The molecule has 3 nitrogen and oxygen atoms in total. The molecule has 0 aromatic heterocycles. The topological polar surface area (TPSA) is 58.3 Å². The lowest BCUT2D eigenvalue weighted by Gasteiger charge is -2.17. The first-order chi connectivity index (χ1) is 7.68. The number of nitrogen functional groups attached to an aromatic ring is 1. The summed E-state index contributed by atoms with van der Waals surface area (Å²) in [5.41, 5.74) is 6.16. The Morgan fingerprint density at radius 1 is 1.56 bits per heavy atom. The Balaban J connectivity index is 2.07. The molecule has 0 aliphatic carbocycles. The van der Waals surface area contributed by atoms with Crippen molar-refractivity contribution in [3.8, 4) is 0 Å². The molecule has 1 heterocycles. The normalized spacial score (nSPS) is 22.2. The van der Waals surface area contributed by atoms with E-state index in [4.69, 9.17) is 5.73 Å². The van der Waals surface area contributed by atoms with Gasteiger partial charge < -0.3 is 16.2 Å². The van der Waals surface area contributed by atoms with Gasteiger partial charge in [0.1, 0.15) is 5.82 Å². The molecule has 0 bridgehead atoms. The molecule has 2 unspecified atom stereocenters. The van der Waals surface area contributed by atoms with E-state index in [2.05, 4.69) is 5.32 Å². The summed E-state index contributed by atoms with van der Waals surface area (Å²) >= 11 is 0. The van der Waals surface area contributed by atoms with Crippen LogP contribution in [0.3, 0.4) is 0 Å². The van der Waals surface area contributed by atoms with Gasteiger partial charge in [-0.15, -0.1) is 0 Å². The van der Waals surface area contributed by atoms with E-state index in [0.29, 0.717) is 18.0 Å². The number of rotatable bonds is 3. The average molecular weight is 224 g/mol. The van der Waals surface area contributed by atoms with E-state index in [1.54, 1.807) is 12.1 Å². The molecule has 0 amide bonds. The third kappa shape index (κ3) is 2.33. The van der Waals surface area contributed by atoms with Crippen molar-refractivity contribution in [2.45, 2.75) is 31.4 Å². The van der Waals surface area contributed by atoms with Gasteiger partial charge >= 0.3 is 0 Å². The molecule has 1 fully saturated rings. The Bertz CT molecular complexity index is 364. The smallest absolute Gasteiger partial charge is 0.146 e. The maximum absolute atomic E-state index is 13.2. The number of hydrogen-bond acceptors (Lipinski definition) is 3. The highest BCUT2D eigenvalue weighted by atomic mass is 19.1. The third-order valence-electron chi connectivity index (χ3n) is 3.12. The van der Waals surface area contributed by atoms with Gasteiger partial charge in [0.25, 0.3) is 0 Å². The number of anilines is 1. The van der Waals surface area contributed by atoms with E-state index in [-0.39, 0.29) is 5.69 Å². The Morgan fingerprint density at radius 3 is 3.06 bits per heavy atom. The SMILES string of the molecule is Nc1c(F)cccc1C(O)CC1CCCN1. The molecule has 88 valence electrons. The Labute approximate surface area is 94.5 Å². The molecule has 0 radical (unpaired) electrons. The maximum atomic E-state index is 13.2. The molecule has 1 aliphatic heterocycles. The van der Waals surface area contributed by atoms with E-state index in [9.17, 15) is 9.50 Å². The summed E-state index contributed by atoms with van der Waals surface area (Å²) in [4.78, 5) is 0. The molecule has 1 aliphatic rings. The summed E-state index contributed by atoms with van der Waals surface area (Å²) in [5, 5.41) is 13.3. The molecular formula is C12H17FN2O. The van der Waals surface area contributed by atoms with Gasteiger partial charge in [0, 0.05) is 11.6 Å². The summed E-state index contributed by atoms with van der Waals surface area (Å²) < 4.78 is 13.2. The first-order valence-electron chi connectivity index (χ1n) is 5.64. The highest BCUT2D eigenvalue weighted by molar-refractivity contribution is 5.49. The fourth-order valence-electron chi connectivity index (χ4n) is 2.20. The molecule has 0 spiro atoms. The Kier molecular flexibility index (Phi) is 3.41. The number of halogens is 1. The minimum Gasteiger partial charge on any atom is -0.396 e. The van der Waals surface area contributed by atoms with Gasteiger partial charge in [0.05, 0.1) is 11.8 Å². The lowest BCUT2D eigenvalue weighted by atomic mass is 9.99. The molecule has 0 saturated carbocycles. The van der Waals surface area contributed by atoms with Crippen molar-refractivity contribution in [2.75, 3.05) is 12.3 Å². The van der Waals surface area contributed by atoms with Crippen molar-refractivity contribution < 1.29 is 9.50 Å². The molecule has 1 aromatic rings. The van der Waals surface area contributed by atoms with E-state index in [0.717, 1.165) is 19.4 Å². The highest BCUT2D eigenvalue weighted by Crippen LogP contribution is 2.27. The molecular weight excluding hydrogens is 207 g/mol. The molecule has 16 heavy (non-hydrogen) atoms. The van der Waals surface area contributed by atoms with Crippen LogP contribution in [0, 0.1) is 5.82 Å². The predicted molar refractivity (Wildman–Crippen MR) is 61.4 cm³/mol. The van der Waals surface area contributed by atoms with Crippen LogP contribution in [0.15, 0.2) is 18.2 Å². The summed E-state index contributed by atoms with van der Waals surface area (Å²) in [6.07, 6.45) is 2.10. The number of nitrogens with two attached hydrogens (primary N) is 1. The summed E-state index contributed by atoms with van der Waals surface area (Å²) in [5.74, 6) is -0.462. The quantitative estimate of drug-likeness (QED) is 0.683. The lowest BCUT2D eigenvalue weighted by Crippen LogP contribution is -2.24. The number of aliphatic hydroxyl groups excluding tert-OH is 1. The molecule has 2 rings (SSSR count). The van der Waals surface area contributed by atoms with Crippen LogP contribution in [0.4, 0.5) is 10.1 Å². The zero-order valence-corrected chi connectivity index (χ0v) is 9.12. The second kappa shape index (κ2) is 4.80. The van der Waals surface area contributed by atoms with E-state index < -0.39 is 11.9 Å². The third-order valence-corrected chi connectivity index (χ3v) is 3.12. The minimum atomic E-state index is -0.689. The monoisotopic (exact) mass is 224 g/mol. The Hall–Kier alpha value is -1.13. The van der Waals surface area contributed by atoms with Gasteiger partial charge in [-0.3, -0.25) is 0 Å². The van der Waals surface area contributed by atoms with Crippen molar-refractivity contribution in [2.24, 2.45) is 0 Å². The van der Waals surface area contributed by atoms with Crippen LogP contribution in [-0.4, -0.2) is 17.7 Å². The predicted octanol–water partition coefficient (Wildman–Crippen LogP) is 1.58. The van der Waals surface area contributed by atoms with Crippen LogP contribution in [0.25, 0.3) is 0 Å². The van der Waals surface area contributed by atoms with Crippen LogP contribution in [-0.2, 0) is 0 Å². The summed E-state index contributed by atoms with van der Waals surface area (Å²) in [6.45, 7) is 0.996. The van der Waals surface area contributed by atoms with Crippen molar-refractivity contribution in [1.29, 1.82) is 0 Å². The van der Waals surface area contributed by atoms with Crippen LogP contribution < -0.4 is 11.1 Å². The number of para-hydroxylation sites is 1. The average Bonchev–Trinajstić information content (AvgIpc) is 2.74. The van der Waals surface area contributed by atoms with Gasteiger partial charge in [0.2, 0.25) is 0 Å². The molecule has 1 saturated heterocycles. The second-order valence-electron chi connectivity index (χ2n) is 4.29. The van der Waals surface area contributed by atoms with Crippen molar-refractivity contribution in [3.63, 3.8) is 0 Å². The number of nitrogens with one attached hydrogen (secondary N) is 1. The molecule has 4 heteroatoms. The van der Waals surface area contributed by atoms with Crippen LogP contribution >= 0.6 is 0 Å². The van der Waals surface area contributed by atoms with Crippen molar-refractivity contribution >= 4 is 5.69 Å². The summed E-state index contributed by atoms with van der Waals surface area (Å²) in [6, 6.07) is 4.88. The first kappa shape index (κ1) is 11.4. The van der Waals surface area contributed by atoms with E-state index in [1.807, 2.05) is 0 Å². The molecule has 4 N–H and O–H groups in total. The first-order valence-corrected chi connectivity index (χ1v) is 5.64. The highest BCUT2D eigenvalue weighted by Gasteiger charge is 2.21. The summed E-state index contributed by atoms with van der Waals surface area (Å²) in [7, 11) is 0. The van der Waals surface area contributed by atoms with Crippen LogP contribution in [0.1, 0.15) is 30.9 Å². The lowest BCUT2D eigenvalue weighted by molar-refractivity contribution is 0.155. The van der Waals surface area contributed by atoms with Crippen LogP contribution in [0.2, 0.25) is 0 Å². The van der Waals surface area contributed by atoms with Gasteiger partial charge in [-0.2, -0.15) is 0 Å². The zero-order valence-electron chi connectivity index (χ0n) is 9.12. The molecule has 1 aromatic carbocycles. The van der Waals surface area contributed by atoms with Crippen LogP contribution in [0.5, 0.6) is 0 Å². The fraction of sp³-hybridized carbons (Fsp3) is 0.500. The Morgan fingerprint density at radius 2 is 2.38 bits per heavy atom. The zero-order chi connectivity index (χ0) is 11.5. The maximum Gasteiger partial charge on any atom is 0.146 e. The van der Waals surface area contributed by atoms with E-state index in [1.165, 1.54) is 6.07 Å². The van der Waals surface area contributed by atoms with Crippen molar-refractivity contribution in [3.05, 3.63) is 29.6 Å². The number of hydrogen-bond donors (Lipinski definition) is 3. The van der Waals surface area contributed by atoms with E-state index >= 15 is 0 Å². The second-order valence-corrected chi connectivity index (χ2v) is 4.29. The van der Waals surface area contributed by atoms with Gasteiger partial charge in [-0.25, -0.2) is 4.39 Å². The molecule has 2 atom stereocenters. The number of aliphatic hydroxyl groups is 1. The number of benzene rings is 1. The minimum absolute atomic E-state index is 0.0630. The van der Waals surface area contributed by atoms with Gasteiger partial charge in [-0.1, -0.05) is 12.1 Å². The van der Waals surface area contributed by atoms with Gasteiger partial charge in [-0.05, 0) is 31.9 Å². The standard InChI is InChI=1S/C12H17FN2O/c13-10-5-1-4-9(12(10)14)11(16)7-8-3-2-6-15-8/h1,4-5,8,11,15-16H,2-3,6-7,14H2. The fourth-order valence-corrected chi connectivity index (χ4v) is 2.20. The van der Waals surface area contributed by atoms with Crippen molar-refractivity contribution in [1.82, 2.24) is 5.32 Å².